The zero-order valence-electron chi connectivity index (χ0n) is 13.7. The minimum absolute atomic E-state index is 0.705. The molecule has 0 fully saturated rings. The summed E-state index contributed by atoms with van der Waals surface area (Å²) in [5.74, 6) is 0.814. The van der Waals surface area contributed by atoms with E-state index in [9.17, 15) is 0 Å². The molecule has 3 rings (SSSR count). The number of hydrazone groups is 1. The van der Waals surface area contributed by atoms with Gasteiger partial charge in [-0.05, 0) is 29.8 Å². The van der Waals surface area contributed by atoms with Crippen molar-refractivity contribution in [3.63, 3.8) is 0 Å². The van der Waals surface area contributed by atoms with E-state index in [1.807, 2.05) is 71.9 Å². The largest absolute Gasteiger partial charge is 0.496 e. The van der Waals surface area contributed by atoms with Crippen molar-refractivity contribution in [2.75, 3.05) is 12.1 Å². The van der Waals surface area contributed by atoms with Crippen LogP contribution in [0.1, 0.15) is 11.1 Å². The van der Waals surface area contributed by atoms with Crippen molar-refractivity contribution in [1.82, 2.24) is 0 Å². The van der Waals surface area contributed by atoms with Crippen LogP contribution in [-0.4, -0.2) is 13.3 Å². The number of ether oxygens (including phenoxy) is 1. The summed E-state index contributed by atoms with van der Waals surface area (Å²) in [4.78, 5) is 0. The minimum Gasteiger partial charge on any atom is -0.496 e. The van der Waals surface area contributed by atoms with Crippen molar-refractivity contribution in [1.29, 1.82) is 0 Å². The smallest absolute Gasteiger partial charge is 0.127 e. The predicted molar refractivity (Wildman–Crippen MR) is 99.7 cm³/mol. The second-order valence-corrected chi connectivity index (χ2v) is 5.37. The highest BCUT2D eigenvalue weighted by atomic mass is 16.5. The number of para-hydroxylation sites is 2. The molecule has 0 aliphatic carbocycles. The Balaban J connectivity index is 1.88. The van der Waals surface area contributed by atoms with E-state index in [4.69, 9.17) is 9.84 Å². The fraction of sp³-hybridized carbons (Fsp3) is 0.0952. The van der Waals surface area contributed by atoms with Crippen LogP contribution in [0.4, 0.5) is 5.69 Å². The van der Waals surface area contributed by atoms with Gasteiger partial charge in [0, 0.05) is 5.56 Å². The summed E-state index contributed by atoms with van der Waals surface area (Å²) >= 11 is 0. The van der Waals surface area contributed by atoms with E-state index in [1.54, 1.807) is 7.11 Å². The first-order valence-corrected chi connectivity index (χ1v) is 7.90. The van der Waals surface area contributed by atoms with Gasteiger partial charge in [0.1, 0.15) is 5.75 Å². The van der Waals surface area contributed by atoms with Gasteiger partial charge in [-0.1, -0.05) is 60.7 Å². The van der Waals surface area contributed by atoms with Gasteiger partial charge in [-0.3, -0.25) is 5.01 Å². The number of anilines is 1. The molecular weight excluding hydrogens is 296 g/mol. The molecule has 120 valence electrons. The van der Waals surface area contributed by atoms with Crippen molar-refractivity contribution in [2.24, 2.45) is 5.10 Å². The number of nitrogens with zero attached hydrogens (tertiary/aromatic N) is 2. The predicted octanol–water partition coefficient (Wildman–Crippen LogP) is 4.74. The van der Waals surface area contributed by atoms with E-state index in [2.05, 4.69) is 24.3 Å². The zero-order valence-corrected chi connectivity index (χ0v) is 13.7. The SMILES string of the molecule is COc1ccccc1C=NN(Cc1ccccc1)c1ccccc1. The molecule has 0 aromatic heterocycles. The average molecular weight is 316 g/mol. The van der Waals surface area contributed by atoms with Gasteiger partial charge in [-0.25, -0.2) is 0 Å². The van der Waals surface area contributed by atoms with Gasteiger partial charge in [-0.15, -0.1) is 0 Å². The van der Waals surface area contributed by atoms with Crippen molar-refractivity contribution >= 4 is 11.9 Å². The van der Waals surface area contributed by atoms with E-state index in [0.717, 1.165) is 17.0 Å². The standard InChI is InChI=1S/C21H20N2O/c1-24-21-15-9-8-12-19(21)16-22-23(20-13-6-3-7-14-20)17-18-10-4-2-5-11-18/h2-16H,17H2,1H3. The lowest BCUT2D eigenvalue weighted by Gasteiger charge is -2.19. The van der Waals surface area contributed by atoms with Gasteiger partial charge in [0.15, 0.2) is 0 Å². The summed E-state index contributed by atoms with van der Waals surface area (Å²) in [6.45, 7) is 0.705. The highest BCUT2D eigenvalue weighted by molar-refractivity contribution is 5.84. The van der Waals surface area contributed by atoms with Gasteiger partial charge in [0.25, 0.3) is 0 Å². The molecule has 3 nitrogen and oxygen atoms in total. The first kappa shape index (κ1) is 15.8. The molecule has 0 radical (unpaired) electrons. The summed E-state index contributed by atoms with van der Waals surface area (Å²) < 4.78 is 5.39. The topological polar surface area (TPSA) is 24.8 Å². The van der Waals surface area contributed by atoms with Crippen LogP contribution < -0.4 is 9.75 Å². The third-order valence-electron chi connectivity index (χ3n) is 3.70. The van der Waals surface area contributed by atoms with Gasteiger partial charge < -0.3 is 4.74 Å². The number of benzene rings is 3. The molecular formula is C21H20N2O. The molecule has 0 saturated heterocycles. The van der Waals surface area contributed by atoms with E-state index in [1.165, 1.54) is 5.56 Å². The molecule has 0 N–H and O–H groups in total. The maximum absolute atomic E-state index is 5.39. The molecule has 0 amide bonds. The lowest BCUT2D eigenvalue weighted by Crippen LogP contribution is -2.16. The van der Waals surface area contributed by atoms with Crippen LogP contribution in [0.25, 0.3) is 0 Å². The normalized spacial score (nSPS) is 10.7. The number of rotatable bonds is 6. The first-order chi connectivity index (χ1) is 11.9. The van der Waals surface area contributed by atoms with Gasteiger partial charge in [-0.2, -0.15) is 5.10 Å². The van der Waals surface area contributed by atoms with E-state index < -0.39 is 0 Å². The number of methoxy groups -OCH3 is 1. The van der Waals surface area contributed by atoms with Crippen molar-refractivity contribution in [3.8, 4) is 5.75 Å². The van der Waals surface area contributed by atoms with Crippen LogP contribution >= 0.6 is 0 Å². The number of hydrogen-bond acceptors (Lipinski definition) is 3. The van der Waals surface area contributed by atoms with Crippen LogP contribution in [0, 0.1) is 0 Å². The highest BCUT2D eigenvalue weighted by Crippen LogP contribution is 2.19. The van der Waals surface area contributed by atoms with Gasteiger partial charge in [0.05, 0.1) is 25.6 Å². The Morgan fingerprint density at radius 2 is 1.46 bits per heavy atom. The minimum atomic E-state index is 0.705. The number of hydrogen-bond donors (Lipinski definition) is 0. The third-order valence-corrected chi connectivity index (χ3v) is 3.70. The molecule has 3 aromatic carbocycles. The Morgan fingerprint density at radius 1 is 0.833 bits per heavy atom. The summed E-state index contributed by atoms with van der Waals surface area (Å²) in [5, 5.41) is 6.68. The van der Waals surface area contributed by atoms with Crippen LogP contribution in [0.15, 0.2) is 90.0 Å². The first-order valence-electron chi connectivity index (χ1n) is 7.90. The second kappa shape index (κ2) is 7.97. The van der Waals surface area contributed by atoms with Crippen molar-refractivity contribution in [3.05, 3.63) is 96.1 Å². The molecule has 24 heavy (non-hydrogen) atoms. The Hall–Kier alpha value is -3.07. The summed E-state index contributed by atoms with van der Waals surface area (Å²) in [7, 11) is 1.67. The average Bonchev–Trinajstić information content (AvgIpc) is 2.67. The molecule has 0 aliphatic rings. The maximum atomic E-state index is 5.39. The fourth-order valence-electron chi connectivity index (χ4n) is 2.46. The fourth-order valence-corrected chi connectivity index (χ4v) is 2.46. The second-order valence-electron chi connectivity index (χ2n) is 5.37. The molecule has 0 unspecified atom stereocenters. The Morgan fingerprint density at radius 3 is 2.17 bits per heavy atom. The molecule has 3 heteroatoms. The van der Waals surface area contributed by atoms with Crippen LogP contribution in [0.5, 0.6) is 5.75 Å². The Bertz CT molecular complexity index is 785. The van der Waals surface area contributed by atoms with E-state index in [0.29, 0.717) is 6.54 Å². The molecule has 0 atom stereocenters. The van der Waals surface area contributed by atoms with Crippen LogP contribution in [-0.2, 0) is 6.54 Å². The van der Waals surface area contributed by atoms with E-state index >= 15 is 0 Å². The lowest BCUT2D eigenvalue weighted by molar-refractivity contribution is 0.414. The molecule has 0 bridgehead atoms. The van der Waals surface area contributed by atoms with E-state index in [-0.39, 0.29) is 0 Å². The van der Waals surface area contributed by atoms with Crippen LogP contribution in [0.2, 0.25) is 0 Å². The Labute approximate surface area is 142 Å². The summed E-state index contributed by atoms with van der Waals surface area (Å²) in [6, 6.07) is 28.3. The zero-order chi connectivity index (χ0) is 16.6. The monoisotopic (exact) mass is 316 g/mol. The molecule has 0 spiro atoms. The van der Waals surface area contributed by atoms with Crippen molar-refractivity contribution in [2.45, 2.75) is 6.54 Å². The summed E-state index contributed by atoms with van der Waals surface area (Å²) in [5.41, 5.74) is 3.21. The molecule has 3 aromatic rings. The van der Waals surface area contributed by atoms with Gasteiger partial charge in [0.2, 0.25) is 0 Å². The molecule has 0 saturated carbocycles. The maximum Gasteiger partial charge on any atom is 0.127 e. The van der Waals surface area contributed by atoms with Gasteiger partial charge >= 0.3 is 0 Å². The third kappa shape index (κ3) is 4.02. The quantitative estimate of drug-likeness (QED) is 0.485. The lowest BCUT2D eigenvalue weighted by atomic mass is 10.2. The molecule has 0 aliphatic heterocycles. The van der Waals surface area contributed by atoms with Crippen LogP contribution in [0.3, 0.4) is 0 Å². The Kier molecular flexibility index (Phi) is 5.25. The molecule has 0 heterocycles. The van der Waals surface area contributed by atoms with Crippen molar-refractivity contribution < 1.29 is 4.74 Å². The highest BCUT2D eigenvalue weighted by Gasteiger charge is 2.06. The summed E-state index contributed by atoms with van der Waals surface area (Å²) in [6.07, 6.45) is 1.84.